The lowest BCUT2D eigenvalue weighted by Crippen LogP contribution is -2.10. The molecule has 3 nitrogen and oxygen atoms in total. The van der Waals surface area contributed by atoms with E-state index in [1.165, 1.54) is 0 Å². The van der Waals surface area contributed by atoms with Gasteiger partial charge >= 0.3 is 8.69 Å². The van der Waals surface area contributed by atoms with E-state index in [4.69, 9.17) is 4.52 Å². The predicted octanol–water partition coefficient (Wildman–Crippen LogP) is 4.72. The van der Waals surface area contributed by atoms with Crippen molar-refractivity contribution in [2.75, 3.05) is 0 Å². The Morgan fingerprint density at radius 1 is 1.09 bits per heavy atom. The Balaban J connectivity index is 2.66. The van der Waals surface area contributed by atoms with Crippen LogP contribution in [0.4, 0.5) is 0 Å². The van der Waals surface area contributed by atoms with Gasteiger partial charge in [0.25, 0.3) is 0 Å². The number of benzene rings is 2. The molecule has 1 atom stereocenters. The Morgan fingerprint density at radius 2 is 1.73 bits per heavy atom. The van der Waals surface area contributed by atoms with E-state index in [9.17, 15) is 9.36 Å². The zero-order valence-electron chi connectivity index (χ0n) is 13.3. The van der Waals surface area contributed by atoms with Crippen LogP contribution in [0.2, 0.25) is 0 Å². The monoisotopic (exact) mass is 315 g/mol. The molecule has 0 spiro atoms. The van der Waals surface area contributed by atoms with Crippen LogP contribution in [0, 0.1) is 20.8 Å². The van der Waals surface area contributed by atoms with Crippen molar-refractivity contribution in [3.05, 3.63) is 63.7 Å². The lowest BCUT2D eigenvalue weighted by atomic mass is 9.90. The lowest BCUT2D eigenvalue weighted by Gasteiger charge is -2.13. The summed E-state index contributed by atoms with van der Waals surface area (Å²) in [6.07, 6.45) is 0.712. The van der Waals surface area contributed by atoms with Gasteiger partial charge in [-0.25, -0.2) is 0 Å². The molecule has 2 aromatic carbocycles. The molecule has 0 bridgehead atoms. The summed E-state index contributed by atoms with van der Waals surface area (Å²) in [6.45, 7) is 7.89. The molecule has 0 heterocycles. The highest BCUT2D eigenvalue weighted by atomic mass is 31.1. The number of aryl methyl sites for hydroxylation is 4. The van der Waals surface area contributed by atoms with Crippen LogP contribution in [-0.2, 0) is 11.0 Å². The normalized spacial score (nSPS) is 10.7. The first-order valence-electron chi connectivity index (χ1n) is 7.28. The van der Waals surface area contributed by atoms with Gasteiger partial charge in [0.15, 0.2) is 11.5 Å². The van der Waals surface area contributed by atoms with Crippen molar-refractivity contribution in [1.29, 1.82) is 0 Å². The maximum atomic E-state index is 13.1. The molecule has 0 aliphatic heterocycles. The summed E-state index contributed by atoms with van der Waals surface area (Å²) in [5.74, 6) is 0.317. The van der Waals surface area contributed by atoms with E-state index >= 15 is 0 Å². The third-order valence-electron chi connectivity index (χ3n) is 3.78. The van der Waals surface area contributed by atoms with Crippen molar-refractivity contribution in [3.63, 3.8) is 0 Å². The molecule has 0 aliphatic rings. The van der Waals surface area contributed by atoms with Crippen molar-refractivity contribution in [2.45, 2.75) is 34.1 Å². The highest BCUT2D eigenvalue weighted by molar-refractivity contribution is 7.17. The van der Waals surface area contributed by atoms with Gasteiger partial charge in [0.1, 0.15) is 0 Å². The van der Waals surface area contributed by atoms with Gasteiger partial charge in [0.2, 0.25) is 0 Å². The highest BCUT2D eigenvalue weighted by Crippen LogP contribution is 2.30. The smallest absolute Gasteiger partial charge is 0.288 e. The molecule has 0 amide bonds. The fourth-order valence-corrected chi connectivity index (χ4v) is 3.18. The van der Waals surface area contributed by atoms with E-state index < -0.39 is 8.69 Å². The second-order valence-electron chi connectivity index (χ2n) is 5.43. The quantitative estimate of drug-likeness (QED) is 0.592. The molecular weight excluding hydrogens is 295 g/mol. The number of rotatable bonds is 5. The average Bonchev–Trinajstić information content (AvgIpc) is 2.46. The zero-order valence-corrected chi connectivity index (χ0v) is 14.3. The topological polar surface area (TPSA) is 43.4 Å². The van der Waals surface area contributed by atoms with Gasteiger partial charge in [-0.3, -0.25) is 9.32 Å². The fourth-order valence-electron chi connectivity index (χ4n) is 2.92. The summed E-state index contributed by atoms with van der Waals surface area (Å²) in [4.78, 5) is 13.1. The predicted molar refractivity (Wildman–Crippen MR) is 89.5 cm³/mol. The molecule has 1 unspecified atom stereocenters. The SMILES string of the molecule is CCc1cccc(O[PH+]=O)c1C(=O)c1c(C)cc(C)cc1C. The van der Waals surface area contributed by atoms with Crippen LogP contribution in [0.25, 0.3) is 0 Å². The minimum atomic E-state index is -0.930. The highest BCUT2D eigenvalue weighted by Gasteiger charge is 2.23. The third kappa shape index (κ3) is 3.10. The van der Waals surface area contributed by atoms with E-state index in [0.717, 1.165) is 22.3 Å². The minimum Gasteiger partial charge on any atom is -0.288 e. The van der Waals surface area contributed by atoms with Crippen LogP contribution in [0.15, 0.2) is 30.3 Å². The molecule has 22 heavy (non-hydrogen) atoms. The zero-order chi connectivity index (χ0) is 16.3. The van der Waals surface area contributed by atoms with Gasteiger partial charge in [-0.15, -0.1) is 0 Å². The van der Waals surface area contributed by atoms with Crippen molar-refractivity contribution in [2.24, 2.45) is 0 Å². The molecule has 0 radical (unpaired) electrons. The minimum absolute atomic E-state index is 0.0688. The van der Waals surface area contributed by atoms with E-state index in [1.54, 1.807) is 6.07 Å². The maximum absolute atomic E-state index is 13.1. The Bertz CT molecular complexity index is 712. The molecule has 0 aliphatic carbocycles. The number of hydrogen-bond acceptors (Lipinski definition) is 3. The average molecular weight is 315 g/mol. The molecule has 0 fully saturated rings. The van der Waals surface area contributed by atoms with Gasteiger partial charge < -0.3 is 0 Å². The van der Waals surface area contributed by atoms with Gasteiger partial charge in [0, 0.05) is 5.56 Å². The summed E-state index contributed by atoms with van der Waals surface area (Å²) in [6, 6.07) is 9.43. The second kappa shape index (κ2) is 6.85. The molecule has 2 aromatic rings. The third-order valence-corrected chi connectivity index (χ3v) is 4.08. The summed E-state index contributed by atoms with van der Waals surface area (Å²) >= 11 is 0. The van der Waals surface area contributed by atoms with Gasteiger partial charge in [-0.2, -0.15) is 0 Å². The van der Waals surface area contributed by atoms with Crippen LogP contribution in [0.1, 0.15) is 45.1 Å². The van der Waals surface area contributed by atoms with Crippen LogP contribution in [-0.4, -0.2) is 5.78 Å². The van der Waals surface area contributed by atoms with Crippen molar-refractivity contribution >= 4 is 14.5 Å². The van der Waals surface area contributed by atoms with Gasteiger partial charge in [0.05, 0.1) is 5.56 Å². The Labute approximate surface area is 132 Å². The fraction of sp³-hybridized carbons (Fsp3) is 0.278. The first kappa shape index (κ1) is 16.4. The Morgan fingerprint density at radius 3 is 2.27 bits per heavy atom. The van der Waals surface area contributed by atoms with Crippen LogP contribution in [0.5, 0.6) is 5.75 Å². The Hall–Kier alpha value is -1.99. The molecule has 0 aromatic heterocycles. The summed E-state index contributed by atoms with van der Waals surface area (Å²) in [7, 11) is -0.930. The molecular formula is C18H20O3P+. The molecule has 114 valence electrons. The van der Waals surface area contributed by atoms with Gasteiger partial charge in [-0.05, 0) is 54.5 Å². The summed E-state index contributed by atoms with van der Waals surface area (Å²) in [5.41, 5.74) is 5.15. The number of carbonyl (C=O) groups excluding carboxylic acids is 1. The number of carbonyl (C=O) groups is 1. The molecule has 4 heteroatoms. The van der Waals surface area contributed by atoms with E-state index in [0.29, 0.717) is 23.3 Å². The van der Waals surface area contributed by atoms with Crippen LogP contribution < -0.4 is 4.52 Å². The standard InChI is InChI=1S/C18H20O3P/c1-5-14-7-6-8-15(21-22-20)17(14)18(19)16-12(3)9-11(2)10-13(16)4/h6-10,22H,5H2,1-4H3/q+1. The molecule has 0 saturated carbocycles. The summed E-state index contributed by atoms with van der Waals surface area (Å²) < 4.78 is 16.1. The van der Waals surface area contributed by atoms with Crippen molar-refractivity contribution < 1.29 is 13.9 Å². The lowest BCUT2D eigenvalue weighted by molar-refractivity contribution is 0.103. The van der Waals surface area contributed by atoms with Crippen molar-refractivity contribution in [3.8, 4) is 5.75 Å². The first-order valence-corrected chi connectivity index (χ1v) is 8.09. The van der Waals surface area contributed by atoms with E-state index in [-0.39, 0.29) is 5.78 Å². The second-order valence-corrected chi connectivity index (χ2v) is 5.80. The Kier molecular flexibility index (Phi) is 5.10. The van der Waals surface area contributed by atoms with Crippen molar-refractivity contribution in [1.82, 2.24) is 0 Å². The molecule has 0 N–H and O–H groups in total. The van der Waals surface area contributed by atoms with Crippen LogP contribution in [0.3, 0.4) is 0 Å². The van der Waals surface area contributed by atoms with Crippen LogP contribution >= 0.6 is 8.69 Å². The number of ketones is 1. The molecule has 0 saturated heterocycles. The molecule has 2 rings (SSSR count). The van der Waals surface area contributed by atoms with Gasteiger partial charge in [-0.1, -0.05) is 36.8 Å². The summed E-state index contributed by atoms with van der Waals surface area (Å²) in [5, 5.41) is 0. The first-order chi connectivity index (χ1) is 10.5. The maximum Gasteiger partial charge on any atom is 0.542 e. The van der Waals surface area contributed by atoms with E-state index in [2.05, 4.69) is 0 Å². The number of hydrogen-bond donors (Lipinski definition) is 0. The van der Waals surface area contributed by atoms with E-state index in [1.807, 2.05) is 52.0 Å². The largest absolute Gasteiger partial charge is 0.542 e.